The van der Waals surface area contributed by atoms with Crippen LogP contribution >= 0.6 is 0 Å². The number of hydrogen-bond donors (Lipinski definition) is 2. The van der Waals surface area contributed by atoms with Crippen molar-refractivity contribution >= 4 is 11.0 Å². The van der Waals surface area contributed by atoms with Crippen LogP contribution in [0, 0.1) is 0 Å². The van der Waals surface area contributed by atoms with Gasteiger partial charge >= 0.3 is 5.69 Å². The summed E-state index contributed by atoms with van der Waals surface area (Å²) in [5, 5.41) is 0. The van der Waals surface area contributed by atoms with Gasteiger partial charge in [0.25, 0.3) is 0 Å². The fourth-order valence-corrected chi connectivity index (χ4v) is 2.24. The van der Waals surface area contributed by atoms with Crippen LogP contribution in [0.15, 0.2) is 23.0 Å². The number of para-hydroxylation sites is 1. The summed E-state index contributed by atoms with van der Waals surface area (Å²) in [6, 6.07) is 5.97. The van der Waals surface area contributed by atoms with E-state index in [0.717, 1.165) is 43.5 Å². The largest absolute Gasteiger partial charge is 0.381 e. The smallest absolute Gasteiger partial charge is 0.326 e. The van der Waals surface area contributed by atoms with Gasteiger partial charge in [0, 0.05) is 20.3 Å². The number of aryl methyl sites for hydroxylation is 2. The van der Waals surface area contributed by atoms with Crippen LogP contribution in [-0.4, -0.2) is 29.3 Å². The van der Waals surface area contributed by atoms with Crippen LogP contribution in [0.3, 0.4) is 0 Å². The normalized spacial score (nSPS) is 11.3. The average Bonchev–Trinajstić information content (AvgIpc) is 2.70. The second-order valence-electron chi connectivity index (χ2n) is 4.66. The zero-order valence-corrected chi connectivity index (χ0v) is 11.3. The summed E-state index contributed by atoms with van der Waals surface area (Å²) in [6.07, 6.45) is 2.76. The Morgan fingerprint density at radius 3 is 2.89 bits per heavy atom. The molecule has 3 N–H and O–H groups in total. The molecule has 0 atom stereocenters. The molecule has 5 heteroatoms. The van der Waals surface area contributed by atoms with Gasteiger partial charge in [-0.25, -0.2) is 4.79 Å². The molecule has 0 amide bonds. The Morgan fingerprint density at radius 2 is 2.11 bits per heavy atom. The summed E-state index contributed by atoms with van der Waals surface area (Å²) < 4.78 is 7.15. The molecule has 0 fully saturated rings. The lowest BCUT2D eigenvalue weighted by Crippen LogP contribution is -2.12. The molecule has 0 bridgehead atoms. The molecule has 5 nitrogen and oxygen atoms in total. The lowest BCUT2D eigenvalue weighted by molar-refractivity contribution is 0.131. The van der Waals surface area contributed by atoms with Crippen molar-refractivity contribution in [2.45, 2.75) is 19.3 Å². The SMILES string of the molecule is Cn1c(=O)[nH]c2cccc(CCCOCCCN)c21. The van der Waals surface area contributed by atoms with Crippen LogP contribution in [0.1, 0.15) is 18.4 Å². The molecule has 104 valence electrons. The fourth-order valence-electron chi connectivity index (χ4n) is 2.24. The first kappa shape index (κ1) is 13.8. The molecule has 0 aliphatic heterocycles. The van der Waals surface area contributed by atoms with Crippen LogP contribution in [0.4, 0.5) is 0 Å². The highest BCUT2D eigenvalue weighted by molar-refractivity contribution is 5.78. The maximum absolute atomic E-state index is 11.6. The lowest BCUT2D eigenvalue weighted by Gasteiger charge is -2.06. The highest BCUT2D eigenvalue weighted by atomic mass is 16.5. The highest BCUT2D eigenvalue weighted by Gasteiger charge is 2.07. The van der Waals surface area contributed by atoms with E-state index >= 15 is 0 Å². The van der Waals surface area contributed by atoms with Crippen molar-refractivity contribution < 1.29 is 4.74 Å². The summed E-state index contributed by atoms with van der Waals surface area (Å²) in [5.74, 6) is 0. The van der Waals surface area contributed by atoms with Gasteiger partial charge in [0.15, 0.2) is 0 Å². The number of benzene rings is 1. The second kappa shape index (κ2) is 6.54. The number of nitrogens with one attached hydrogen (secondary N) is 1. The predicted molar refractivity (Wildman–Crippen MR) is 76.4 cm³/mol. The van der Waals surface area contributed by atoms with E-state index in [4.69, 9.17) is 10.5 Å². The predicted octanol–water partition coefficient (Wildman–Crippen LogP) is 1.16. The van der Waals surface area contributed by atoms with E-state index in [9.17, 15) is 4.79 Å². The van der Waals surface area contributed by atoms with E-state index in [2.05, 4.69) is 11.1 Å². The van der Waals surface area contributed by atoms with E-state index in [0.29, 0.717) is 6.54 Å². The van der Waals surface area contributed by atoms with Crippen molar-refractivity contribution in [1.29, 1.82) is 0 Å². The van der Waals surface area contributed by atoms with Crippen molar-refractivity contribution in [3.63, 3.8) is 0 Å². The molecule has 0 aliphatic rings. The molecular weight excluding hydrogens is 242 g/mol. The minimum absolute atomic E-state index is 0.0679. The second-order valence-corrected chi connectivity index (χ2v) is 4.66. The third-order valence-electron chi connectivity index (χ3n) is 3.23. The van der Waals surface area contributed by atoms with Crippen LogP contribution in [0.25, 0.3) is 11.0 Å². The molecule has 0 saturated heterocycles. The zero-order valence-electron chi connectivity index (χ0n) is 11.3. The highest BCUT2D eigenvalue weighted by Crippen LogP contribution is 2.16. The quantitative estimate of drug-likeness (QED) is 0.736. The molecule has 1 aromatic heterocycles. The van der Waals surface area contributed by atoms with Crippen molar-refractivity contribution in [2.24, 2.45) is 12.8 Å². The number of nitrogens with zero attached hydrogens (tertiary/aromatic N) is 1. The maximum Gasteiger partial charge on any atom is 0.326 e. The molecule has 0 radical (unpaired) electrons. The van der Waals surface area contributed by atoms with Gasteiger partial charge in [0.05, 0.1) is 11.0 Å². The van der Waals surface area contributed by atoms with Gasteiger partial charge in [-0.3, -0.25) is 4.57 Å². The Bertz CT molecular complexity index is 586. The number of aromatic nitrogens is 2. The van der Waals surface area contributed by atoms with Gasteiger partial charge in [0.2, 0.25) is 0 Å². The number of imidazole rings is 1. The Morgan fingerprint density at radius 1 is 1.32 bits per heavy atom. The number of H-pyrrole nitrogens is 1. The van der Waals surface area contributed by atoms with Crippen molar-refractivity contribution in [1.82, 2.24) is 9.55 Å². The first-order valence-corrected chi connectivity index (χ1v) is 6.68. The Labute approximate surface area is 112 Å². The molecule has 0 saturated carbocycles. The van der Waals surface area contributed by atoms with Crippen LogP contribution < -0.4 is 11.4 Å². The molecule has 19 heavy (non-hydrogen) atoms. The van der Waals surface area contributed by atoms with Crippen molar-refractivity contribution in [3.8, 4) is 0 Å². The zero-order chi connectivity index (χ0) is 13.7. The van der Waals surface area contributed by atoms with E-state index in [-0.39, 0.29) is 5.69 Å². The third-order valence-corrected chi connectivity index (χ3v) is 3.23. The lowest BCUT2D eigenvalue weighted by atomic mass is 10.1. The molecule has 2 rings (SSSR count). The number of fused-ring (bicyclic) bond motifs is 1. The Balaban J connectivity index is 1.99. The first-order chi connectivity index (χ1) is 9.24. The summed E-state index contributed by atoms with van der Waals surface area (Å²) in [6.45, 7) is 2.13. The van der Waals surface area contributed by atoms with Gasteiger partial charge in [0.1, 0.15) is 0 Å². The van der Waals surface area contributed by atoms with Crippen LogP contribution in [0.5, 0.6) is 0 Å². The number of hydrogen-bond acceptors (Lipinski definition) is 3. The summed E-state index contributed by atoms with van der Waals surface area (Å²) in [7, 11) is 1.79. The van der Waals surface area contributed by atoms with E-state index < -0.39 is 0 Å². The molecule has 0 spiro atoms. The minimum atomic E-state index is -0.0679. The number of aromatic amines is 1. The van der Waals surface area contributed by atoms with Gasteiger partial charge in [-0.15, -0.1) is 0 Å². The third kappa shape index (κ3) is 3.24. The summed E-state index contributed by atoms with van der Waals surface area (Å²) in [5.41, 5.74) is 8.41. The minimum Gasteiger partial charge on any atom is -0.381 e. The summed E-state index contributed by atoms with van der Waals surface area (Å²) >= 11 is 0. The molecule has 0 aliphatic carbocycles. The molecule has 1 aromatic carbocycles. The van der Waals surface area contributed by atoms with Crippen LogP contribution in [-0.2, 0) is 18.2 Å². The van der Waals surface area contributed by atoms with Crippen LogP contribution in [0.2, 0.25) is 0 Å². The van der Waals surface area contributed by atoms with Gasteiger partial charge < -0.3 is 15.5 Å². The average molecular weight is 263 g/mol. The monoisotopic (exact) mass is 263 g/mol. The molecule has 0 unspecified atom stereocenters. The summed E-state index contributed by atoms with van der Waals surface area (Å²) in [4.78, 5) is 14.5. The van der Waals surface area contributed by atoms with Crippen molar-refractivity contribution in [3.05, 3.63) is 34.2 Å². The number of ether oxygens (including phenoxy) is 1. The molecule has 1 heterocycles. The van der Waals surface area contributed by atoms with Gasteiger partial charge in [-0.2, -0.15) is 0 Å². The first-order valence-electron chi connectivity index (χ1n) is 6.68. The Hall–Kier alpha value is -1.59. The maximum atomic E-state index is 11.6. The standard InChI is InChI=1S/C14H21N3O2/c1-17-13-11(6-3-9-19-10-4-8-15)5-2-7-12(13)16-14(17)18/h2,5,7H,3-4,6,8-10,15H2,1H3,(H,16,18). The topological polar surface area (TPSA) is 73.0 Å². The van der Waals surface area contributed by atoms with Gasteiger partial charge in [-0.1, -0.05) is 12.1 Å². The van der Waals surface area contributed by atoms with Crippen molar-refractivity contribution in [2.75, 3.05) is 19.8 Å². The molecular formula is C14H21N3O2. The van der Waals surface area contributed by atoms with E-state index in [1.54, 1.807) is 11.6 Å². The fraction of sp³-hybridized carbons (Fsp3) is 0.500. The number of nitrogens with two attached hydrogens (primary N) is 1. The molecule has 2 aromatic rings. The van der Waals surface area contributed by atoms with E-state index in [1.807, 2.05) is 12.1 Å². The number of rotatable bonds is 7. The Kier molecular flexibility index (Phi) is 4.76. The van der Waals surface area contributed by atoms with Gasteiger partial charge in [-0.05, 0) is 37.4 Å². The van der Waals surface area contributed by atoms with E-state index in [1.165, 1.54) is 5.56 Å².